The zero-order valence-electron chi connectivity index (χ0n) is 18.8. The number of rotatable bonds is 7. The summed E-state index contributed by atoms with van der Waals surface area (Å²) in [5.74, 6) is 0.219. The molecule has 7 nitrogen and oxygen atoms in total. The van der Waals surface area contributed by atoms with Crippen LogP contribution in [0.5, 0.6) is 0 Å². The van der Waals surface area contributed by atoms with Crippen molar-refractivity contribution in [3.63, 3.8) is 0 Å². The smallest absolute Gasteiger partial charge is 0.243 e. The van der Waals surface area contributed by atoms with Gasteiger partial charge in [-0.15, -0.1) is 0 Å². The first-order valence-electron chi connectivity index (χ1n) is 11.3. The Kier molecular flexibility index (Phi) is 7.75. The number of amides is 2. The topological polar surface area (TPSA) is 86.8 Å². The molecule has 2 aliphatic rings. The van der Waals surface area contributed by atoms with Crippen LogP contribution in [0.2, 0.25) is 0 Å². The molecular formula is C23H35N3O4S. The Morgan fingerprint density at radius 1 is 1.06 bits per heavy atom. The standard InChI is InChI=1S/C23H35N3O4S/c1-17(2)10-13-24-22(27)21-5-4-14-26(21)23(28)19-11-15-25(16-12-19)31(29,30)20-8-6-18(3)7-9-20/h6-9,17,19,21H,4-5,10-16H2,1-3H3,(H,24,27)/t21-/m0/s1. The summed E-state index contributed by atoms with van der Waals surface area (Å²) in [5.41, 5.74) is 1.01. The fourth-order valence-electron chi connectivity index (χ4n) is 4.34. The monoisotopic (exact) mass is 449 g/mol. The quantitative estimate of drug-likeness (QED) is 0.693. The lowest BCUT2D eigenvalue weighted by Gasteiger charge is -2.34. The Bertz CT molecular complexity index is 875. The van der Waals surface area contributed by atoms with Crippen molar-refractivity contribution < 1.29 is 18.0 Å². The van der Waals surface area contributed by atoms with Gasteiger partial charge >= 0.3 is 0 Å². The van der Waals surface area contributed by atoms with Crippen LogP contribution in [0.3, 0.4) is 0 Å². The highest BCUT2D eigenvalue weighted by Crippen LogP contribution is 2.28. The van der Waals surface area contributed by atoms with E-state index in [4.69, 9.17) is 0 Å². The molecule has 0 aromatic heterocycles. The number of nitrogens with one attached hydrogen (secondary N) is 1. The van der Waals surface area contributed by atoms with Crippen molar-refractivity contribution >= 4 is 21.8 Å². The van der Waals surface area contributed by atoms with Gasteiger partial charge in [-0.05, 0) is 57.1 Å². The number of nitrogens with zero attached hydrogens (tertiary/aromatic N) is 2. The van der Waals surface area contributed by atoms with E-state index in [1.54, 1.807) is 29.2 Å². The summed E-state index contributed by atoms with van der Waals surface area (Å²) in [7, 11) is -3.54. The lowest BCUT2D eigenvalue weighted by molar-refractivity contribution is -0.142. The Morgan fingerprint density at radius 3 is 2.32 bits per heavy atom. The second-order valence-electron chi connectivity index (χ2n) is 9.15. The molecule has 0 aliphatic carbocycles. The van der Waals surface area contributed by atoms with Crippen molar-refractivity contribution in [2.24, 2.45) is 11.8 Å². The average Bonchev–Trinajstić information content (AvgIpc) is 3.23. The van der Waals surface area contributed by atoms with E-state index < -0.39 is 16.1 Å². The van der Waals surface area contributed by atoms with Gasteiger partial charge in [-0.25, -0.2) is 8.42 Å². The molecule has 0 bridgehead atoms. The minimum Gasteiger partial charge on any atom is -0.354 e. The highest BCUT2D eigenvalue weighted by Gasteiger charge is 2.39. The fourth-order valence-corrected chi connectivity index (χ4v) is 5.81. The predicted octanol–water partition coefficient (Wildman–Crippen LogP) is 2.55. The second kappa shape index (κ2) is 10.1. The van der Waals surface area contributed by atoms with E-state index in [-0.39, 0.29) is 17.7 Å². The molecular weight excluding hydrogens is 414 g/mol. The Morgan fingerprint density at radius 2 is 1.71 bits per heavy atom. The minimum atomic E-state index is -3.54. The molecule has 172 valence electrons. The van der Waals surface area contributed by atoms with E-state index in [1.807, 2.05) is 6.92 Å². The first-order valence-corrected chi connectivity index (χ1v) is 12.8. The first kappa shape index (κ1) is 23.7. The van der Waals surface area contributed by atoms with Gasteiger partial charge < -0.3 is 10.2 Å². The molecule has 8 heteroatoms. The number of hydrogen-bond donors (Lipinski definition) is 1. The van der Waals surface area contributed by atoms with Gasteiger partial charge in [0.05, 0.1) is 4.90 Å². The van der Waals surface area contributed by atoms with Gasteiger partial charge in [-0.1, -0.05) is 31.5 Å². The van der Waals surface area contributed by atoms with E-state index in [0.29, 0.717) is 56.3 Å². The lowest BCUT2D eigenvalue weighted by Crippen LogP contribution is -2.50. The van der Waals surface area contributed by atoms with E-state index in [9.17, 15) is 18.0 Å². The summed E-state index contributed by atoms with van der Waals surface area (Å²) in [6.45, 7) is 8.03. The molecule has 2 heterocycles. The third-order valence-corrected chi connectivity index (χ3v) is 8.23. The largest absolute Gasteiger partial charge is 0.354 e. The van der Waals surface area contributed by atoms with Gasteiger partial charge in [0, 0.05) is 32.1 Å². The molecule has 31 heavy (non-hydrogen) atoms. The molecule has 1 atom stereocenters. The van der Waals surface area contributed by atoms with Crippen LogP contribution in [0.4, 0.5) is 0 Å². The molecule has 0 radical (unpaired) electrons. The third kappa shape index (κ3) is 5.66. The van der Waals surface area contributed by atoms with Crippen LogP contribution >= 0.6 is 0 Å². The van der Waals surface area contributed by atoms with Gasteiger partial charge in [0.15, 0.2) is 0 Å². The lowest BCUT2D eigenvalue weighted by atomic mass is 9.96. The third-order valence-electron chi connectivity index (χ3n) is 6.32. The van der Waals surface area contributed by atoms with Gasteiger partial charge in [-0.2, -0.15) is 4.31 Å². The Labute approximate surface area is 186 Å². The molecule has 2 fully saturated rings. The molecule has 3 rings (SSSR count). The number of aryl methyl sites for hydroxylation is 1. The van der Waals surface area contributed by atoms with Crippen molar-refractivity contribution in [2.45, 2.75) is 63.8 Å². The van der Waals surface area contributed by atoms with Crippen LogP contribution in [-0.4, -0.2) is 61.7 Å². The molecule has 1 aromatic carbocycles. The Balaban J connectivity index is 1.57. The normalized spacial score (nSPS) is 20.9. The molecule has 0 unspecified atom stereocenters. The highest BCUT2D eigenvalue weighted by atomic mass is 32.2. The summed E-state index contributed by atoms with van der Waals surface area (Å²) in [5, 5.41) is 2.97. The molecule has 0 spiro atoms. The number of carbonyl (C=O) groups excluding carboxylic acids is 2. The number of benzene rings is 1. The number of piperidine rings is 1. The summed E-state index contributed by atoms with van der Waals surface area (Å²) >= 11 is 0. The van der Waals surface area contributed by atoms with Crippen molar-refractivity contribution in [3.05, 3.63) is 29.8 Å². The first-order chi connectivity index (χ1) is 14.7. The van der Waals surface area contributed by atoms with Gasteiger partial charge in [0.25, 0.3) is 0 Å². The molecule has 2 amide bonds. The van der Waals surface area contributed by atoms with Crippen molar-refractivity contribution in [1.82, 2.24) is 14.5 Å². The van der Waals surface area contributed by atoms with Crippen LogP contribution in [-0.2, 0) is 19.6 Å². The van der Waals surface area contributed by atoms with Crippen molar-refractivity contribution in [1.29, 1.82) is 0 Å². The van der Waals surface area contributed by atoms with Crippen LogP contribution in [0, 0.1) is 18.8 Å². The number of hydrogen-bond acceptors (Lipinski definition) is 4. The molecule has 1 aromatic rings. The van der Waals surface area contributed by atoms with Gasteiger partial charge in [0.2, 0.25) is 21.8 Å². The van der Waals surface area contributed by atoms with Crippen LogP contribution in [0.25, 0.3) is 0 Å². The maximum absolute atomic E-state index is 13.1. The SMILES string of the molecule is Cc1ccc(S(=O)(=O)N2CCC(C(=O)N3CCC[C@H]3C(=O)NCCC(C)C)CC2)cc1. The zero-order valence-corrected chi connectivity index (χ0v) is 19.7. The van der Waals surface area contributed by atoms with Gasteiger partial charge in [-0.3, -0.25) is 9.59 Å². The van der Waals surface area contributed by atoms with Crippen LogP contribution in [0.1, 0.15) is 51.5 Å². The van der Waals surface area contributed by atoms with E-state index >= 15 is 0 Å². The van der Waals surface area contributed by atoms with Crippen LogP contribution < -0.4 is 5.32 Å². The maximum Gasteiger partial charge on any atom is 0.243 e. The fraction of sp³-hybridized carbons (Fsp3) is 0.652. The summed E-state index contributed by atoms with van der Waals surface area (Å²) < 4.78 is 27.3. The maximum atomic E-state index is 13.1. The number of likely N-dealkylation sites (tertiary alicyclic amines) is 1. The summed E-state index contributed by atoms with van der Waals surface area (Å²) in [4.78, 5) is 27.7. The number of sulfonamides is 1. The highest BCUT2D eigenvalue weighted by molar-refractivity contribution is 7.89. The second-order valence-corrected chi connectivity index (χ2v) is 11.1. The minimum absolute atomic E-state index is 0.00565. The summed E-state index contributed by atoms with van der Waals surface area (Å²) in [6.07, 6.45) is 3.42. The Hall–Kier alpha value is -1.93. The van der Waals surface area contributed by atoms with Crippen LogP contribution in [0.15, 0.2) is 29.2 Å². The predicted molar refractivity (Wildman–Crippen MR) is 120 cm³/mol. The van der Waals surface area contributed by atoms with E-state index in [1.165, 1.54) is 4.31 Å². The number of carbonyl (C=O) groups is 2. The molecule has 0 saturated carbocycles. The van der Waals surface area contributed by atoms with E-state index in [2.05, 4.69) is 19.2 Å². The molecule has 1 N–H and O–H groups in total. The summed E-state index contributed by atoms with van der Waals surface area (Å²) in [6, 6.07) is 6.46. The molecule has 2 saturated heterocycles. The van der Waals surface area contributed by atoms with Gasteiger partial charge in [0.1, 0.15) is 6.04 Å². The van der Waals surface area contributed by atoms with E-state index in [0.717, 1.165) is 18.4 Å². The average molecular weight is 450 g/mol. The van der Waals surface area contributed by atoms with Crippen molar-refractivity contribution in [2.75, 3.05) is 26.2 Å². The molecule has 2 aliphatic heterocycles. The van der Waals surface area contributed by atoms with Crippen molar-refractivity contribution in [3.8, 4) is 0 Å². The zero-order chi connectivity index (χ0) is 22.6.